The summed E-state index contributed by atoms with van der Waals surface area (Å²) in [6, 6.07) is -1.39. The summed E-state index contributed by atoms with van der Waals surface area (Å²) in [7, 11) is 0. The lowest BCUT2D eigenvalue weighted by molar-refractivity contribution is -0.380. The fourth-order valence-electron chi connectivity index (χ4n) is 4.38. The molecular formula is C20H35NO15. The third kappa shape index (κ3) is 5.97. The van der Waals surface area contributed by atoms with Crippen LogP contribution in [0, 0.1) is 0 Å². The Balaban J connectivity index is 1.89. The van der Waals surface area contributed by atoms with Gasteiger partial charge in [-0.25, -0.2) is 0 Å². The summed E-state index contributed by atoms with van der Waals surface area (Å²) in [5.74, 6) is -0.632. The maximum atomic E-state index is 11.7. The Morgan fingerprint density at radius 1 is 0.722 bits per heavy atom. The number of amides is 1. The molecule has 3 fully saturated rings. The van der Waals surface area contributed by atoms with Gasteiger partial charge < -0.3 is 75.0 Å². The summed E-state index contributed by atoms with van der Waals surface area (Å²) >= 11 is 0. The molecule has 15 atom stereocenters. The normalized spacial score (nSPS) is 50.0. The lowest BCUT2D eigenvalue weighted by Gasteiger charge is -2.48. The molecule has 0 aromatic carbocycles. The van der Waals surface area contributed by atoms with Crippen molar-refractivity contribution in [2.24, 2.45) is 0 Å². The second-order valence-corrected chi connectivity index (χ2v) is 9.05. The number of hydrogen-bond acceptors (Lipinski definition) is 15. The number of hydrogen-bond donors (Lipinski definition) is 10. The molecule has 3 aliphatic heterocycles. The van der Waals surface area contributed by atoms with Gasteiger partial charge in [0.25, 0.3) is 0 Å². The van der Waals surface area contributed by atoms with E-state index in [9.17, 15) is 50.8 Å². The number of rotatable bonds is 7. The van der Waals surface area contributed by atoms with E-state index < -0.39 is 111 Å². The van der Waals surface area contributed by atoms with Crippen LogP contribution in [0.3, 0.4) is 0 Å². The summed E-state index contributed by atoms with van der Waals surface area (Å²) in [5, 5.41) is 93.8. The summed E-state index contributed by atoms with van der Waals surface area (Å²) < 4.78 is 27.4. The topological polar surface area (TPSA) is 257 Å². The number of nitrogens with one attached hydrogen (secondary N) is 1. The molecule has 3 heterocycles. The monoisotopic (exact) mass is 529 g/mol. The minimum Gasteiger partial charge on any atom is -0.394 e. The van der Waals surface area contributed by atoms with Crippen LogP contribution in [0.25, 0.3) is 0 Å². The van der Waals surface area contributed by atoms with Gasteiger partial charge in [0.1, 0.15) is 67.1 Å². The molecule has 3 aliphatic rings. The molecule has 16 nitrogen and oxygen atoms in total. The Morgan fingerprint density at radius 3 is 1.89 bits per heavy atom. The number of carbonyl (C=O) groups excluding carboxylic acids is 1. The molecule has 0 saturated carbocycles. The van der Waals surface area contributed by atoms with Crippen molar-refractivity contribution in [3.63, 3.8) is 0 Å². The molecule has 0 bridgehead atoms. The Bertz CT molecular complexity index is 731. The third-order valence-electron chi connectivity index (χ3n) is 6.46. The number of ether oxygens (including phenoxy) is 5. The summed E-state index contributed by atoms with van der Waals surface area (Å²) in [6.45, 7) is 1.00. The van der Waals surface area contributed by atoms with E-state index in [2.05, 4.69) is 5.32 Å². The zero-order chi connectivity index (χ0) is 26.9. The van der Waals surface area contributed by atoms with Crippen molar-refractivity contribution in [1.82, 2.24) is 5.32 Å². The van der Waals surface area contributed by atoms with Gasteiger partial charge in [-0.05, 0) is 6.92 Å². The zero-order valence-corrected chi connectivity index (χ0v) is 19.5. The molecule has 1 amide bonds. The maximum absolute atomic E-state index is 11.7. The van der Waals surface area contributed by atoms with Crippen molar-refractivity contribution in [1.29, 1.82) is 0 Å². The van der Waals surface area contributed by atoms with E-state index in [4.69, 9.17) is 23.7 Å². The van der Waals surface area contributed by atoms with Gasteiger partial charge in [0, 0.05) is 6.92 Å². The number of aliphatic hydroxyl groups excluding tert-OH is 9. The van der Waals surface area contributed by atoms with Crippen LogP contribution in [0.1, 0.15) is 13.8 Å². The van der Waals surface area contributed by atoms with Crippen LogP contribution < -0.4 is 5.32 Å². The predicted molar refractivity (Wildman–Crippen MR) is 111 cm³/mol. The molecule has 0 radical (unpaired) electrons. The van der Waals surface area contributed by atoms with Crippen LogP contribution in [0.15, 0.2) is 0 Å². The molecule has 3 saturated heterocycles. The summed E-state index contributed by atoms with van der Waals surface area (Å²) in [4.78, 5) is 11.7. The van der Waals surface area contributed by atoms with Crippen LogP contribution in [-0.4, -0.2) is 157 Å². The fraction of sp³-hybridized carbons (Fsp3) is 0.950. The maximum Gasteiger partial charge on any atom is 0.217 e. The van der Waals surface area contributed by atoms with Gasteiger partial charge in [-0.1, -0.05) is 0 Å². The van der Waals surface area contributed by atoms with Gasteiger partial charge in [-0.2, -0.15) is 0 Å². The zero-order valence-electron chi connectivity index (χ0n) is 19.5. The Hall–Kier alpha value is -1.09. The van der Waals surface area contributed by atoms with Crippen molar-refractivity contribution in [3.05, 3.63) is 0 Å². The highest BCUT2D eigenvalue weighted by atomic mass is 16.8. The Morgan fingerprint density at radius 2 is 1.31 bits per heavy atom. The smallest absolute Gasteiger partial charge is 0.217 e. The lowest BCUT2D eigenvalue weighted by Crippen LogP contribution is -2.68. The largest absolute Gasteiger partial charge is 0.394 e. The molecule has 0 aromatic heterocycles. The van der Waals surface area contributed by atoms with Gasteiger partial charge in [-0.3, -0.25) is 4.79 Å². The molecule has 0 spiro atoms. The van der Waals surface area contributed by atoms with E-state index in [0.717, 1.165) is 6.92 Å². The first-order chi connectivity index (χ1) is 16.9. The van der Waals surface area contributed by atoms with Crippen molar-refractivity contribution < 1.29 is 74.4 Å². The van der Waals surface area contributed by atoms with Crippen molar-refractivity contribution in [2.75, 3.05) is 13.2 Å². The SMILES string of the molecule is CC(=O)N[C@@H]1[C@@H](OC2O[C@H](CO)[C@H](O)[C@H](O)[C@H]2OC2O[C@@H](C)[C@@H](O)[C@@H](O)[C@@H]2O)[C@@H](O)[C@@H](CO)O[C@@H]1O. The van der Waals surface area contributed by atoms with E-state index in [-0.39, 0.29) is 0 Å². The summed E-state index contributed by atoms with van der Waals surface area (Å²) in [6.07, 6.45) is -22.2. The van der Waals surface area contributed by atoms with E-state index >= 15 is 0 Å². The third-order valence-corrected chi connectivity index (χ3v) is 6.46. The lowest BCUT2D eigenvalue weighted by atomic mass is 9.95. The van der Waals surface area contributed by atoms with Gasteiger partial charge in [0.2, 0.25) is 5.91 Å². The standard InChI is InChI=1S/C20H35NO15/c1-5-10(25)13(28)15(30)19(32-5)36-17-14(29)11(26)7(3-22)34-20(17)35-16-9(21-6(2)24)18(31)33-8(4-23)12(16)27/h5,7-20,22-23,25-31H,3-4H2,1-2H3,(H,21,24)/t5-,7+,8+,9+,10+,11-,12-,13+,14-,15-,16+,17+,18-,19?,20?/m0/s1. The molecule has 2 unspecified atom stereocenters. The first-order valence-electron chi connectivity index (χ1n) is 11.4. The van der Waals surface area contributed by atoms with Crippen molar-refractivity contribution in [2.45, 2.75) is 106 Å². The van der Waals surface area contributed by atoms with Gasteiger partial charge >= 0.3 is 0 Å². The highest BCUT2D eigenvalue weighted by molar-refractivity contribution is 5.73. The second-order valence-electron chi connectivity index (χ2n) is 9.05. The highest BCUT2D eigenvalue weighted by Gasteiger charge is 2.53. The van der Waals surface area contributed by atoms with Crippen LogP contribution in [-0.2, 0) is 28.5 Å². The van der Waals surface area contributed by atoms with Crippen LogP contribution in [0.2, 0.25) is 0 Å². The minimum absolute atomic E-state index is 0.632. The molecular weight excluding hydrogens is 494 g/mol. The second kappa shape index (κ2) is 12.2. The van der Waals surface area contributed by atoms with E-state index in [1.807, 2.05) is 0 Å². The van der Waals surface area contributed by atoms with Crippen molar-refractivity contribution >= 4 is 5.91 Å². The Kier molecular flexibility index (Phi) is 9.97. The summed E-state index contributed by atoms with van der Waals surface area (Å²) in [5.41, 5.74) is 0. The minimum atomic E-state index is -1.83. The Labute approximate surface area is 205 Å². The average Bonchev–Trinajstić information content (AvgIpc) is 2.83. The first-order valence-corrected chi connectivity index (χ1v) is 11.4. The molecule has 210 valence electrons. The number of carbonyl (C=O) groups is 1. The molecule has 10 N–H and O–H groups in total. The molecule has 36 heavy (non-hydrogen) atoms. The fourth-order valence-corrected chi connectivity index (χ4v) is 4.38. The van der Waals surface area contributed by atoms with Gasteiger partial charge in [0.15, 0.2) is 18.9 Å². The highest BCUT2D eigenvalue weighted by Crippen LogP contribution is 2.32. The first kappa shape index (κ1) is 29.5. The van der Waals surface area contributed by atoms with E-state index in [1.54, 1.807) is 0 Å². The van der Waals surface area contributed by atoms with Crippen molar-refractivity contribution in [3.8, 4) is 0 Å². The molecule has 0 aromatic rings. The van der Waals surface area contributed by atoms with Crippen LogP contribution >= 0.6 is 0 Å². The van der Waals surface area contributed by atoms with Gasteiger partial charge in [-0.15, -0.1) is 0 Å². The predicted octanol–water partition coefficient (Wildman–Crippen LogP) is -6.40. The average molecular weight is 529 g/mol. The van der Waals surface area contributed by atoms with Crippen LogP contribution in [0.4, 0.5) is 0 Å². The molecule has 3 rings (SSSR count). The van der Waals surface area contributed by atoms with Gasteiger partial charge in [0.05, 0.1) is 19.3 Å². The molecule has 0 aliphatic carbocycles. The molecule has 16 heteroatoms. The number of aliphatic hydroxyl groups is 9. The van der Waals surface area contributed by atoms with E-state index in [0.29, 0.717) is 0 Å². The van der Waals surface area contributed by atoms with E-state index in [1.165, 1.54) is 6.92 Å². The van der Waals surface area contributed by atoms with Crippen LogP contribution in [0.5, 0.6) is 0 Å². The quantitative estimate of drug-likeness (QED) is 0.147.